The van der Waals surface area contributed by atoms with Crippen molar-refractivity contribution in [2.45, 2.75) is 61.0 Å². The fourth-order valence-corrected chi connectivity index (χ4v) is 2.72. The molecule has 3 aliphatic rings. The Morgan fingerprint density at radius 1 is 0.826 bits per heavy atom. The summed E-state index contributed by atoms with van der Waals surface area (Å²) in [4.78, 5) is 0. The Morgan fingerprint density at radius 3 is 2.09 bits per heavy atom. The van der Waals surface area contributed by atoms with Gasteiger partial charge < -0.3 is 59.8 Å². The highest BCUT2D eigenvalue weighted by molar-refractivity contribution is 5.14. The van der Waals surface area contributed by atoms with Gasteiger partial charge in [0.25, 0.3) is 11.6 Å². The third-order valence-electron chi connectivity index (χ3n) is 4.17. The van der Waals surface area contributed by atoms with Gasteiger partial charge in [0, 0.05) is 0 Å². The van der Waals surface area contributed by atoms with E-state index in [1.54, 1.807) is 0 Å². The highest BCUT2D eigenvalue weighted by atomic mass is 17.0. The second-order valence-corrected chi connectivity index (χ2v) is 5.61. The second-order valence-electron chi connectivity index (χ2n) is 5.61. The van der Waals surface area contributed by atoms with E-state index in [2.05, 4.69) is 0 Å². The average Bonchev–Trinajstić information content (AvgIpc) is 3.17. The van der Waals surface area contributed by atoms with Crippen LogP contribution >= 0.6 is 0 Å². The van der Waals surface area contributed by atoms with E-state index in [4.69, 9.17) is 18.9 Å². The van der Waals surface area contributed by atoms with E-state index in [1.807, 2.05) is 0 Å². The Hall–Kier alpha value is -0.480. The maximum atomic E-state index is 10.0. The molecule has 0 aromatic rings. The summed E-state index contributed by atoms with van der Waals surface area (Å²) in [5.41, 5.74) is 0. The van der Waals surface area contributed by atoms with Crippen LogP contribution in [0.1, 0.15) is 0 Å². The molecule has 3 rings (SSSR count). The molecule has 0 aliphatic carbocycles. The number of epoxide rings is 1. The summed E-state index contributed by atoms with van der Waals surface area (Å²) in [5.74, 6) is -4.24. The van der Waals surface area contributed by atoms with E-state index in [0.717, 1.165) is 0 Å². The van der Waals surface area contributed by atoms with E-state index in [0.29, 0.717) is 0 Å². The van der Waals surface area contributed by atoms with Crippen molar-refractivity contribution in [3.8, 4) is 0 Å². The molecule has 12 heteroatoms. The molecular weight excluding hydrogens is 324 g/mol. The maximum absolute atomic E-state index is 10.0. The molecule has 0 saturated carbocycles. The number of hydrogen-bond donors (Lipinski definition) is 8. The molecule has 23 heavy (non-hydrogen) atoms. The molecule has 0 aromatic heterocycles. The monoisotopic (exact) mass is 342 g/mol. The molecule has 0 radical (unpaired) electrons. The van der Waals surface area contributed by atoms with Crippen LogP contribution in [0.3, 0.4) is 0 Å². The van der Waals surface area contributed by atoms with Gasteiger partial charge >= 0.3 is 0 Å². The fraction of sp³-hybridized carbons (Fsp3) is 1.00. The topological polar surface area (TPSA) is 202 Å². The summed E-state index contributed by atoms with van der Waals surface area (Å²) in [5, 5.41) is 76.8. The molecule has 0 unspecified atom stereocenters. The SMILES string of the molecule is OC[C@]12O[C@@H](O)[C@H](O)[C@H](O)[C@]1(O[C@H]1O[C@H](O)[C@@H](O)[C@H](O)[C@H]1O)O2. The number of ether oxygens (including phenoxy) is 4. The molecule has 0 amide bonds. The summed E-state index contributed by atoms with van der Waals surface area (Å²) in [6.45, 7) is -0.885. The van der Waals surface area contributed by atoms with Gasteiger partial charge in [-0.1, -0.05) is 0 Å². The number of aliphatic hydroxyl groups excluding tert-OH is 8. The van der Waals surface area contributed by atoms with Crippen molar-refractivity contribution in [3.63, 3.8) is 0 Å². The quantitative estimate of drug-likeness (QED) is 0.226. The van der Waals surface area contributed by atoms with Gasteiger partial charge in [-0.2, -0.15) is 0 Å². The van der Waals surface area contributed by atoms with Crippen LogP contribution in [0.25, 0.3) is 0 Å². The van der Waals surface area contributed by atoms with Crippen LogP contribution < -0.4 is 0 Å². The summed E-state index contributed by atoms with van der Waals surface area (Å²) in [6, 6.07) is 0. The number of fused-ring (bicyclic) bond motifs is 1. The van der Waals surface area contributed by atoms with Crippen molar-refractivity contribution >= 4 is 0 Å². The molecule has 134 valence electrons. The van der Waals surface area contributed by atoms with Gasteiger partial charge in [-0.25, -0.2) is 0 Å². The van der Waals surface area contributed by atoms with Gasteiger partial charge in [0.1, 0.15) is 37.1 Å². The highest BCUT2D eigenvalue weighted by Gasteiger charge is 2.83. The van der Waals surface area contributed by atoms with E-state index in [1.165, 1.54) is 0 Å². The van der Waals surface area contributed by atoms with Crippen molar-refractivity contribution in [1.82, 2.24) is 0 Å². The van der Waals surface area contributed by atoms with Crippen molar-refractivity contribution in [3.05, 3.63) is 0 Å². The molecule has 0 aromatic carbocycles. The lowest BCUT2D eigenvalue weighted by atomic mass is 9.98. The third kappa shape index (κ3) is 2.31. The largest absolute Gasteiger partial charge is 0.391 e. The van der Waals surface area contributed by atoms with Crippen LogP contribution in [-0.2, 0) is 18.9 Å². The van der Waals surface area contributed by atoms with E-state index < -0.39 is 67.6 Å². The summed E-state index contributed by atoms with van der Waals surface area (Å²) >= 11 is 0. The van der Waals surface area contributed by atoms with Crippen molar-refractivity contribution in [2.24, 2.45) is 0 Å². The maximum Gasteiger partial charge on any atom is 0.261 e. The average molecular weight is 342 g/mol. The van der Waals surface area contributed by atoms with Gasteiger partial charge in [-0.3, -0.25) is 0 Å². The zero-order valence-corrected chi connectivity index (χ0v) is 11.5. The van der Waals surface area contributed by atoms with Crippen LogP contribution in [0.4, 0.5) is 0 Å². The lowest BCUT2D eigenvalue weighted by Crippen LogP contribution is -2.64. The first-order chi connectivity index (χ1) is 10.7. The molecule has 3 aliphatic heterocycles. The third-order valence-corrected chi connectivity index (χ3v) is 4.17. The molecule has 3 heterocycles. The van der Waals surface area contributed by atoms with E-state index in [-0.39, 0.29) is 0 Å². The van der Waals surface area contributed by atoms with E-state index in [9.17, 15) is 40.9 Å². The molecular formula is C11H18O12. The Labute approximate surface area is 128 Å². The smallest absolute Gasteiger partial charge is 0.261 e. The summed E-state index contributed by atoms with van der Waals surface area (Å²) < 4.78 is 19.9. The van der Waals surface area contributed by atoms with E-state index >= 15 is 0 Å². The lowest BCUT2D eigenvalue weighted by molar-refractivity contribution is -0.380. The first-order valence-corrected chi connectivity index (χ1v) is 6.78. The Balaban J connectivity index is 1.81. The number of aliphatic hydroxyl groups is 8. The van der Waals surface area contributed by atoms with Gasteiger partial charge in [0.15, 0.2) is 18.9 Å². The van der Waals surface area contributed by atoms with Crippen molar-refractivity contribution < 1.29 is 59.8 Å². The first kappa shape index (κ1) is 17.3. The van der Waals surface area contributed by atoms with Crippen LogP contribution in [0.2, 0.25) is 0 Å². The number of rotatable bonds is 3. The predicted octanol–water partition coefficient (Wildman–Crippen LogP) is -5.75. The molecule has 10 atom stereocenters. The van der Waals surface area contributed by atoms with Gasteiger partial charge in [-0.15, -0.1) is 0 Å². The second kappa shape index (κ2) is 5.52. The highest BCUT2D eigenvalue weighted by Crippen LogP contribution is 2.57. The Morgan fingerprint density at radius 2 is 1.48 bits per heavy atom. The minimum Gasteiger partial charge on any atom is -0.391 e. The fourth-order valence-electron chi connectivity index (χ4n) is 2.72. The lowest BCUT2D eigenvalue weighted by Gasteiger charge is -2.41. The van der Waals surface area contributed by atoms with Crippen molar-refractivity contribution in [1.29, 1.82) is 0 Å². The summed E-state index contributed by atoms with van der Waals surface area (Å²) in [7, 11) is 0. The van der Waals surface area contributed by atoms with Crippen LogP contribution in [-0.4, -0.2) is 108 Å². The van der Waals surface area contributed by atoms with Crippen LogP contribution in [0.15, 0.2) is 0 Å². The predicted molar refractivity (Wildman–Crippen MR) is 62.7 cm³/mol. The van der Waals surface area contributed by atoms with Gasteiger partial charge in [-0.05, 0) is 0 Å². The molecule has 3 saturated heterocycles. The number of hydrogen-bond acceptors (Lipinski definition) is 12. The van der Waals surface area contributed by atoms with Crippen LogP contribution in [0.5, 0.6) is 0 Å². The van der Waals surface area contributed by atoms with Crippen molar-refractivity contribution in [2.75, 3.05) is 6.61 Å². The zero-order valence-electron chi connectivity index (χ0n) is 11.5. The minimum absolute atomic E-state index is 0.885. The van der Waals surface area contributed by atoms with Crippen LogP contribution in [0, 0.1) is 0 Å². The van der Waals surface area contributed by atoms with Gasteiger partial charge in [0.05, 0.1) is 0 Å². The molecule has 0 spiro atoms. The summed E-state index contributed by atoms with van der Waals surface area (Å²) in [6.07, 6.45) is -14.8. The standard InChI is InChI=1S/C11H18O12/c12-1-10-11(23-10,6(17)5(16)8(19)21-10)22-9-4(15)2(13)3(14)7(18)20-9/h2-9,12-19H,1H2/t2-,3-,4+,5+,6-,7-,8+,9+,10+,11-/m0/s1. The molecule has 8 N–H and O–H groups in total. The molecule has 12 nitrogen and oxygen atoms in total. The molecule has 3 fully saturated rings. The Kier molecular flexibility index (Phi) is 4.16. The first-order valence-electron chi connectivity index (χ1n) is 6.78. The Bertz CT molecular complexity index is 462. The minimum atomic E-state index is -2.21. The molecule has 0 bridgehead atoms. The normalized spacial score (nSPS) is 59.5. The van der Waals surface area contributed by atoms with Gasteiger partial charge in [0.2, 0.25) is 0 Å². The zero-order chi connectivity index (χ0) is 17.2.